The summed E-state index contributed by atoms with van der Waals surface area (Å²) in [6, 6.07) is 15.5. The van der Waals surface area contributed by atoms with Gasteiger partial charge in [0, 0.05) is 6.54 Å². The van der Waals surface area contributed by atoms with Crippen molar-refractivity contribution < 1.29 is 4.74 Å². The van der Waals surface area contributed by atoms with Crippen LogP contribution in [0.4, 0.5) is 0 Å². The first-order chi connectivity index (χ1) is 13.2. The molecule has 0 spiro atoms. The molecule has 2 heteroatoms. The van der Waals surface area contributed by atoms with Crippen LogP contribution in [0.15, 0.2) is 42.5 Å². The third kappa shape index (κ3) is 5.68. The fourth-order valence-corrected chi connectivity index (χ4v) is 3.64. The van der Waals surface area contributed by atoms with Crippen LogP contribution in [0.5, 0.6) is 0 Å². The molecule has 0 unspecified atom stereocenters. The molecular weight excluding hydrogens is 342 g/mol. The molecule has 0 fully saturated rings. The molecule has 0 aliphatic carbocycles. The van der Waals surface area contributed by atoms with E-state index in [4.69, 9.17) is 4.74 Å². The van der Waals surface area contributed by atoms with Crippen LogP contribution < -0.4 is 0 Å². The van der Waals surface area contributed by atoms with Crippen LogP contribution in [0.1, 0.15) is 93.2 Å². The zero-order chi connectivity index (χ0) is 20.8. The summed E-state index contributed by atoms with van der Waals surface area (Å²) in [5.41, 5.74) is 6.89. The predicted molar refractivity (Wildman–Crippen MR) is 122 cm³/mol. The molecular formula is C26H39NO. The summed E-state index contributed by atoms with van der Waals surface area (Å²) in [7, 11) is 4.19. The molecule has 2 aromatic carbocycles. The smallest absolute Gasteiger partial charge is 0.108 e. The van der Waals surface area contributed by atoms with Crippen LogP contribution >= 0.6 is 0 Å². The van der Waals surface area contributed by atoms with Gasteiger partial charge in [-0.1, -0.05) is 84.0 Å². The predicted octanol–water partition coefficient (Wildman–Crippen LogP) is 6.72. The number of hydrogen-bond acceptors (Lipinski definition) is 2. The van der Waals surface area contributed by atoms with Crippen LogP contribution in [-0.4, -0.2) is 32.1 Å². The SMILES string of the molecule is CC(C)c1cc(C(C)C)c([C@H](OCCN(C)C)c2ccccc2)c(C(C)C)c1. The molecule has 2 nitrogen and oxygen atoms in total. The normalized spacial score (nSPS) is 13.1. The van der Waals surface area contributed by atoms with Crippen molar-refractivity contribution in [2.45, 2.75) is 65.4 Å². The summed E-state index contributed by atoms with van der Waals surface area (Å²) in [4.78, 5) is 2.18. The van der Waals surface area contributed by atoms with Crippen molar-refractivity contribution in [3.8, 4) is 0 Å². The van der Waals surface area contributed by atoms with E-state index in [1.165, 1.54) is 27.8 Å². The molecule has 2 aromatic rings. The van der Waals surface area contributed by atoms with Gasteiger partial charge in [0.15, 0.2) is 0 Å². The van der Waals surface area contributed by atoms with Crippen LogP contribution in [0.3, 0.4) is 0 Å². The number of ether oxygens (including phenoxy) is 1. The average molecular weight is 382 g/mol. The van der Waals surface area contributed by atoms with E-state index >= 15 is 0 Å². The summed E-state index contributed by atoms with van der Waals surface area (Å²) >= 11 is 0. The number of benzene rings is 2. The Bertz CT molecular complexity index is 702. The second-order valence-corrected chi connectivity index (χ2v) is 9.04. The molecule has 0 aromatic heterocycles. The highest BCUT2D eigenvalue weighted by Gasteiger charge is 2.25. The van der Waals surface area contributed by atoms with Gasteiger partial charge in [0.2, 0.25) is 0 Å². The van der Waals surface area contributed by atoms with Gasteiger partial charge in [-0.2, -0.15) is 0 Å². The fraction of sp³-hybridized carbons (Fsp3) is 0.538. The van der Waals surface area contributed by atoms with Gasteiger partial charge in [-0.05, 0) is 59.7 Å². The molecule has 0 bridgehead atoms. The molecule has 0 radical (unpaired) electrons. The van der Waals surface area contributed by atoms with Gasteiger partial charge in [0.05, 0.1) is 6.61 Å². The number of likely N-dealkylation sites (N-methyl/N-ethyl adjacent to an activating group) is 1. The van der Waals surface area contributed by atoms with Crippen molar-refractivity contribution in [2.75, 3.05) is 27.2 Å². The first kappa shape index (κ1) is 22.6. The first-order valence-electron chi connectivity index (χ1n) is 10.7. The van der Waals surface area contributed by atoms with Crippen molar-refractivity contribution in [3.05, 3.63) is 70.3 Å². The van der Waals surface area contributed by atoms with Gasteiger partial charge >= 0.3 is 0 Å². The van der Waals surface area contributed by atoms with E-state index in [0.717, 1.165) is 6.54 Å². The quantitative estimate of drug-likeness (QED) is 0.478. The lowest BCUT2D eigenvalue weighted by Crippen LogP contribution is -2.21. The highest BCUT2D eigenvalue weighted by molar-refractivity contribution is 5.48. The van der Waals surface area contributed by atoms with Gasteiger partial charge in [-0.15, -0.1) is 0 Å². The zero-order valence-corrected chi connectivity index (χ0v) is 19.1. The minimum atomic E-state index is -0.0304. The number of hydrogen-bond donors (Lipinski definition) is 0. The van der Waals surface area contributed by atoms with E-state index in [0.29, 0.717) is 24.4 Å². The van der Waals surface area contributed by atoms with Crippen LogP contribution in [-0.2, 0) is 4.74 Å². The molecule has 2 rings (SSSR count). The maximum Gasteiger partial charge on any atom is 0.108 e. The van der Waals surface area contributed by atoms with E-state index in [1.807, 2.05) is 0 Å². The molecule has 0 saturated heterocycles. The molecule has 0 aliphatic rings. The minimum Gasteiger partial charge on any atom is -0.367 e. The fourth-order valence-electron chi connectivity index (χ4n) is 3.64. The van der Waals surface area contributed by atoms with Crippen LogP contribution in [0, 0.1) is 0 Å². The van der Waals surface area contributed by atoms with Crippen LogP contribution in [0.25, 0.3) is 0 Å². The first-order valence-corrected chi connectivity index (χ1v) is 10.7. The molecule has 1 atom stereocenters. The highest BCUT2D eigenvalue weighted by atomic mass is 16.5. The molecule has 0 amide bonds. The van der Waals surface area contributed by atoms with Gasteiger partial charge in [-0.25, -0.2) is 0 Å². The Morgan fingerprint density at radius 1 is 0.750 bits per heavy atom. The largest absolute Gasteiger partial charge is 0.367 e. The molecule has 0 aliphatic heterocycles. The summed E-state index contributed by atoms with van der Waals surface area (Å²) < 4.78 is 6.57. The van der Waals surface area contributed by atoms with Crippen LogP contribution in [0.2, 0.25) is 0 Å². The number of rotatable bonds is 9. The van der Waals surface area contributed by atoms with E-state index in [9.17, 15) is 0 Å². The summed E-state index contributed by atoms with van der Waals surface area (Å²) in [6.45, 7) is 15.4. The Morgan fingerprint density at radius 3 is 1.71 bits per heavy atom. The summed E-state index contributed by atoms with van der Waals surface area (Å²) in [6.07, 6.45) is -0.0304. The lowest BCUT2D eigenvalue weighted by atomic mass is 9.81. The standard InChI is InChI=1S/C26H39NO/c1-18(2)22-16-23(19(3)4)25(24(17-22)20(5)6)26(28-15-14-27(7)8)21-12-10-9-11-13-21/h9-13,16-20,26H,14-15H2,1-8H3/t26-/m1/s1. The van der Waals surface area contributed by atoms with E-state index in [2.05, 4.69) is 103 Å². The Kier molecular flexibility index (Phi) is 8.27. The minimum absolute atomic E-state index is 0.0304. The molecule has 154 valence electrons. The van der Waals surface area contributed by atoms with Crippen molar-refractivity contribution in [2.24, 2.45) is 0 Å². The molecule has 0 N–H and O–H groups in total. The third-order valence-electron chi connectivity index (χ3n) is 5.36. The summed E-state index contributed by atoms with van der Waals surface area (Å²) in [5.74, 6) is 1.43. The number of nitrogens with zero attached hydrogens (tertiary/aromatic N) is 1. The topological polar surface area (TPSA) is 12.5 Å². The third-order valence-corrected chi connectivity index (χ3v) is 5.36. The zero-order valence-electron chi connectivity index (χ0n) is 19.1. The van der Waals surface area contributed by atoms with Gasteiger partial charge in [0.25, 0.3) is 0 Å². The molecule has 28 heavy (non-hydrogen) atoms. The maximum absolute atomic E-state index is 6.57. The Labute approximate surface area is 172 Å². The van der Waals surface area contributed by atoms with Gasteiger partial charge < -0.3 is 9.64 Å². The Morgan fingerprint density at radius 2 is 1.29 bits per heavy atom. The average Bonchev–Trinajstić information content (AvgIpc) is 2.64. The van der Waals surface area contributed by atoms with Crippen molar-refractivity contribution in [1.29, 1.82) is 0 Å². The Hall–Kier alpha value is -1.64. The van der Waals surface area contributed by atoms with E-state index in [1.54, 1.807) is 0 Å². The monoisotopic (exact) mass is 381 g/mol. The van der Waals surface area contributed by atoms with Gasteiger partial charge in [0.1, 0.15) is 6.10 Å². The van der Waals surface area contributed by atoms with Crippen molar-refractivity contribution >= 4 is 0 Å². The van der Waals surface area contributed by atoms with E-state index in [-0.39, 0.29) is 6.10 Å². The van der Waals surface area contributed by atoms with Crippen molar-refractivity contribution in [1.82, 2.24) is 4.90 Å². The molecule has 0 saturated carbocycles. The second kappa shape index (κ2) is 10.2. The van der Waals surface area contributed by atoms with Gasteiger partial charge in [-0.3, -0.25) is 0 Å². The van der Waals surface area contributed by atoms with E-state index < -0.39 is 0 Å². The molecule has 0 heterocycles. The maximum atomic E-state index is 6.57. The summed E-state index contributed by atoms with van der Waals surface area (Å²) in [5, 5.41) is 0. The Balaban J connectivity index is 2.65. The second-order valence-electron chi connectivity index (χ2n) is 9.04. The highest BCUT2D eigenvalue weighted by Crippen LogP contribution is 2.39. The van der Waals surface area contributed by atoms with Crippen molar-refractivity contribution in [3.63, 3.8) is 0 Å². The lowest BCUT2D eigenvalue weighted by Gasteiger charge is -2.29. The lowest BCUT2D eigenvalue weighted by molar-refractivity contribution is 0.0673.